The lowest BCUT2D eigenvalue weighted by Crippen LogP contribution is -2.54. The van der Waals surface area contributed by atoms with Gasteiger partial charge >= 0.3 is 0 Å². The molecule has 0 radical (unpaired) electrons. The quantitative estimate of drug-likeness (QED) is 0.129. The minimum Gasteiger partial charge on any atom is -0.496 e. The average Bonchev–Trinajstić information content (AvgIpc) is 3.83. The first-order valence-electron chi connectivity index (χ1n) is 19.9. The average molecular weight is 771 g/mol. The SMILES string of the molecule is COc1cccc(F)c1-c1ncc2[nH]nc(-c3ccc(N4CCN(C(=O)CCCCCCCCC(=O)N[C@H](C(=O)N5CC[C@@H](O)C5)C(C)(C)C)CC4)cc3)c2n1. The van der Waals surface area contributed by atoms with Crippen LogP contribution >= 0.6 is 0 Å². The predicted molar refractivity (Wildman–Crippen MR) is 213 cm³/mol. The smallest absolute Gasteiger partial charge is 0.245 e. The first-order chi connectivity index (χ1) is 26.9. The van der Waals surface area contributed by atoms with Crippen LogP contribution < -0.4 is 15.0 Å². The maximum atomic E-state index is 14.8. The summed E-state index contributed by atoms with van der Waals surface area (Å²) >= 11 is 0. The molecule has 4 heterocycles. The van der Waals surface area contributed by atoms with Gasteiger partial charge < -0.3 is 29.9 Å². The Morgan fingerprint density at radius 3 is 2.30 bits per heavy atom. The Morgan fingerprint density at radius 2 is 1.64 bits per heavy atom. The van der Waals surface area contributed by atoms with E-state index in [2.05, 4.69) is 30.4 Å². The van der Waals surface area contributed by atoms with E-state index in [-0.39, 0.29) is 29.1 Å². The number of methoxy groups -OCH3 is 1. The van der Waals surface area contributed by atoms with E-state index in [4.69, 9.17) is 4.74 Å². The molecule has 2 aliphatic heterocycles. The molecule has 2 aromatic carbocycles. The second-order valence-corrected chi connectivity index (χ2v) is 16.0. The molecule has 0 unspecified atom stereocenters. The number of H-pyrrole nitrogens is 1. The summed E-state index contributed by atoms with van der Waals surface area (Å²) in [5.74, 6) is 0.0670. The molecule has 2 atom stereocenters. The van der Waals surface area contributed by atoms with Crippen LogP contribution in [0.15, 0.2) is 48.7 Å². The number of aromatic amines is 1. The summed E-state index contributed by atoms with van der Waals surface area (Å²) in [5.41, 5.74) is 3.57. The highest BCUT2D eigenvalue weighted by Gasteiger charge is 2.37. The number of ether oxygens (including phenoxy) is 1. The van der Waals surface area contributed by atoms with E-state index in [1.54, 1.807) is 23.2 Å². The van der Waals surface area contributed by atoms with E-state index in [0.29, 0.717) is 67.9 Å². The van der Waals surface area contributed by atoms with Gasteiger partial charge in [-0.3, -0.25) is 19.5 Å². The van der Waals surface area contributed by atoms with Crippen LogP contribution in [0.1, 0.15) is 78.6 Å². The van der Waals surface area contributed by atoms with Crippen molar-refractivity contribution < 1.29 is 28.6 Å². The molecule has 2 aliphatic rings. The van der Waals surface area contributed by atoms with Crippen molar-refractivity contribution >= 4 is 34.4 Å². The number of aliphatic hydroxyl groups is 1. The fourth-order valence-electron chi connectivity index (χ4n) is 7.50. The summed E-state index contributed by atoms with van der Waals surface area (Å²) in [6.45, 7) is 9.52. The molecule has 14 heteroatoms. The number of β-amino-alcohol motifs (C(OH)–C–C–N with tert-alkyl or cyclic N) is 1. The predicted octanol–water partition coefficient (Wildman–Crippen LogP) is 5.73. The molecule has 0 spiro atoms. The molecule has 2 aromatic heterocycles. The van der Waals surface area contributed by atoms with E-state index in [1.807, 2.05) is 49.9 Å². The van der Waals surface area contributed by atoms with Crippen molar-refractivity contribution in [1.29, 1.82) is 0 Å². The van der Waals surface area contributed by atoms with Crippen LogP contribution in [0, 0.1) is 11.2 Å². The minimum absolute atomic E-state index is 0.113. The van der Waals surface area contributed by atoms with Gasteiger partial charge in [0.25, 0.3) is 0 Å². The van der Waals surface area contributed by atoms with Crippen molar-refractivity contribution in [3.05, 3.63) is 54.5 Å². The molecule has 2 saturated heterocycles. The molecule has 6 rings (SSSR count). The van der Waals surface area contributed by atoms with Gasteiger partial charge in [-0.15, -0.1) is 0 Å². The number of aliphatic hydroxyl groups excluding tert-OH is 1. The molecule has 13 nitrogen and oxygen atoms in total. The zero-order chi connectivity index (χ0) is 39.8. The maximum Gasteiger partial charge on any atom is 0.245 e. The zero-order valence-corrected chi connectivity index (χ0v) is 33.0. The molecular weight excluding hydrogens is 716 g/mol. The maximum absolute atomic E-state index is 14.8. The monoisotopic (exact) mass is 770 g/mol. The highest BCUT2D eigenvalue weighted by molar-refractivity contribution is 5.91. The third-order valence-corrected chi connectivity index (χ3v) is 10.8. The number of halogens is 1. The van der Waals surface area contributed by atoms with Crippen LogP contribution in [-0.4, -0.2) is 111 Å². The molecule has 0 aliphatic carbocycles. The van der Waals surface area contributed by atoms with Crippen molar-refractivity contribution in [3.63, 3.8) is 0 Å². The first kappa shape index (κ1) is 40.6. The molecule has 3 N–H and O–H groups in total. The lowest BCUT2D eigenvalue weighted by atomic mass is 9.85. The lowest BCUT2D eigenvalue weighted by molar-refractivity contribution is -0.138. The van der Waals surface area contributed by atoms with Gasteiger partial charge in [-0.25, -0.2) is 14.4 Å². The normalized spacial score (nSPS) is 16.7. The Morgan fingerprint density at radius 1 is 0.946 bits per heavy atom. The number of piperazine rings is 1. The molecule has 300 valence electrons. The number of carbonyl (C=O) groups excluding carboxylic acids is 3. The lowest BCUT2D eigenvalue weighted by Gasteiger charge is -2.36. The summed E-state index contributed by atoms with van der Waals surface area (Å²) in [4.78, 5) is 53.7. The van der Waals surface area contributed by atoms with Crippen LogP contribution in [0.25, 0.3) is 33.7 Å². The van der Waals surface area contributed by atoms with Gasteiger partial charge in [0, 0.05) is 63.4 Å². The Bertz CT molecular complexity index is 1970. The molecule has 0 bridgehead atoms. The molecular formula is C42H55FN8O5. The Balaban J connectivity index is 0.886. The molecule has 56 heavy (non-hydrogen) atoms. The fraction of sp³-hybridized carbons (Fsp3) is 0.524. The summed E-state index contributed by atoms with van der Waals surface area (Å²) in [5, 5.41) is 20.3. The topological polar surface area (TPSA) is 157 Å². The van der Waals surface area contributed by atoms with Crippen LogP contribution in [-0.2, 0) is 14.4 Å². The number of amides is 3. The third kappa shape index (κ3) is 9.81. The first-order valence-corrected chi connectivity index (χ1v) is 19.9. The Kier molecular flexibility index (Phi) is 13.2. The number of nitrogens with one attached hydrogen (secondary N) is 2. The number of carbonyl (C=O) groups is 3. The summed E-state index contributed by atoms with van der Waals surface area (Å²) in [6.07, 6.45) is 8.12. The second-order valence-electron chi connectivity index (χ2n) is 16.0. The number of anilines is 1. The summed E-state index contributed by atoms with van der Waals surface area (Å²) < 4.78 is 20.1. The number of nitrogens with zero attached hydrogens (tertiary/aromatic N) is 6. The fourth-order valence-corrected chi connectivity index (χ4v) is 7.50. The largest absolute Gasteiger partial charge is 0.496 e. The van der Waals surface area contributed by atoms with Crippen molar-refractivity contribution in [1.82, 2.24) is 35.3 Å². The number of hydrogen-bond donors (Lipinski definition) is 3. The van der Waals surface area contributed by atoms with Gasteiger partial charge in [-0.1, -0.05) is 64.7 Å². The number of fused-ring (bicyclic) bond motifs is 1. The van der Waals surface area contributed by atoms with Crippen LogP contribution in [0.4, 0.5) is 10.1 Å². The Hall–Kier alpha value is -5.11. The number of rotatable bonds is 15. The number of likely N-dealkylation sites (tertiary alicyclic amines) is 1. The van der Waals surface area contributed by atoms with Crippen molar-refractivity contribution in [2.45, 2.75) is 90.7 Å². The van der Waals surface area contributed by atoms with E-state index >= 15 is 0 Å². The summed E-state index contributed by atoms with van der Waals surface area (Å²) in [6, 6.07) is 12.1. The highest BCUT2D eigenvalue weighted by atomic mass is 19.1. The zero-order valence-electron chi connectivity index (χ0n) is 33.0. The molecule has 4 aromatic rings. The Labute approximate surface area is 328 Å². The number of unbranched alkanes of at least 4 members (excludes halogenated alkanes) is 5. The molecule has 3 amide bonds. The van der Waals surface area contributed by atoms with Gasteiger partial charge in [-0.2, -0.15) is 5.10 Å². The van der Waals surface area contributed by atoms with Crippen LogP contribution in [0.2, 0.25) is 0 Å². The third-order valence-electron chi connectivity index (χ3n) is 10.8. The van der Waals surface area contributed by atoms with Gasteiger partial charge in [0.05, 0.1) is 25.0 Å². The van der Waals surface area contributed by atoms with Crippen molar-refractivity contribution in [2.24, 2.45) is 5.41 Å². The molecule has 0 saturated carbocycles. The second kappa shape index (κ2) is 18.2. The van der Waals surface area contributed by atoms with E-state index in [0.717, 1.165) is 62.9 Å². The highest BCUT2D eigenvalue weighted by Crippen LogP contribution is 2.33. The van der Waals surface area contributed by atoms with Gasteiger partial charge in [-0.05, 0) is 48.9 Å². The van der Waals surface area contributed by atoms with Gasteiger partial charge in [0.1, 0.15) is 34.3 Å². The van der Waals surface area contributed by atoms with Crippen molar-refractivity contribution in [2.75, 3.05) is 51.3 Å². The van der Waals surface area contributed by atoms with E-state index in [1.165, 1.54) is 13.2 Å². The molecule has 2 fully saturated rings. The minimum atomic E-state index is -0.616. The number of aromatic nitrogens is 4. The van der Waals surface area contributed by atoms with E-state index < -0.39 is 23.4 Å². The van der Waals surface area contributed by atoms with Crippen LogP contribution in [0.5, 0.6) is 5.75 Å². The van der Waals surface area contributed by atoms with Gasteiger partial charge in [0.15, 0.2) is 5.82 Å². The van der Waals surface area contributed by atoms with Crippen LogP contribution in [0.3, 0.4) is 0 Å². The van der Waals surface area contributed by atoms with E-state index in [9.17, 15) is 23.9 Å². The van der Waals surface area contributed by atoms with Gasteiger partial charge in [0.2, 0.25) is 17.7 Å². The number of benzene rings is 2. The number of hydrogen-bond acceptors (Lipinski definition) is 9. The standard InChI is InChI=1S/C42H55FN8O5/c1-42(2,3)39(41(55)51-21-20-30(52)27-51)45-34(53)14-9-7-5-6-8-10-15-35(54)50-24-22-49(23-25-50)29-18-16-28(17-19-29)37-38-32(47-48-37)26-44-40(46-38)36-31(43)12-11-13-33(36)56-4/h11-13,16-19,26,30,39,52H,5-10,14-15,20-25,27H2,1-4H3,(H,45,53)(H,47,48)/t30-,39-/m1/s1. The van der Waals surface area contributed by atoms with Crippen molar-refractivity contribution in [3.8, 4) is 28.4 Å². The summed E-state index contributed by atoms with van der Waals surface area (Å²) in [7, 11) is 1.48.